The van der Waals surface area contributed by atoms with Gasteiger partial charge < -0.3 is 9.84 Å². The van der Waals surface area contributed by atoms with Gasteiger partial charge in [-0.1, -0.05) is 13.0 Å². The topological polar surface area (TPSA) is 42.4 Å². The lowest BCUT2D eigenvalue weighted by Crippen LogP contribution is -2.21. The van der Waals surface area contributed by atoms with Gasteiger partial charge in [-0.25, -0.2) is 0 Å². The number of hydrogen-bond acceptors (Lipinski definition) is 3. The third-order valence-corrected chi connectivity index (χ3v) is 2.60. The average Bonchev–Trinajstić information content (AvgIpc) is 2.27. The summed E-state index contributed by atoms with van der Waals surface area (Å²) in [5, 5.41) is 9.91. The van der Waals surface area contributed by atoms with Crippen LogP contribution in [0.3, 0.4) is 0 Å². The fraction of sp³-hybridized carbons (Fsp3) is 0.583. The quantitative estimate of drug-likeness (QED) is 0.774. The molecule has 3 heteroatoms. The first-order chi connectivity index (χ1) is 7.24. The van der Waals surface area contributed by atoms with Crippen LogP contribution in [0.4, 0.5) is 0 Å². The van der Waals surface area contributed by atoms with E-state index in [0.717, 1.165) is 12.0 Å². The summed E-state index contributed by atoms with van der Waals surface area (Å²) in [5.74, 6) is 0.255. The molecule has 1 aromatic rings. The van der Waals surface area contributed by atoms with E-state index < -0.39 is 0 Å². The van der Waals surface area contributed by atoms with Crippen molar-refractivity contribution in [3.63, 3.8) is 0 Å². The van der Waals surface area contributed by atoms with Crippen molar-refractivity contribution in [1.29, 1.82) is 0 Å². The summed E-state index contributed by atoms with van der Waals surface area (Å²) in [6, 6.07) is 3.88. The molecule has 3 nitrogen and oxygen atoms in total. The minimum Gasteiger partial charge on any atom is -0.393 e. The van der Waals surface area contributed by atoms with Crippen LogP contribution in [0.1, 0.15) is 18.9 Å². The number of ether oxygens (including phenoxy) is 1. The lowest BCUT2D eigenvalue weighted by Gasteiger charge is -2.18. The summed E-state index contributed by atoms with van der Waals surface area (Å²) < 4.78 is 4.99. The number of aliphatic hydroxyl groups excluding tert-OH is 1. The molecule has 1 N–H and O–H groups in total. The van der Waals surface area contributed by atoms with Gasteiger partial charge in [0.2, 0.25) is 0 Å². The van der Waals surface area contributed by atoms with Gasteiger partial charge in [0, 0.05) is 32.5 Å². The van der Waals surface area contributed by atoms with E-state index in [4.69, 9.17) is 4.74 Å². The maximum Gasteiger partial charge on any atom is 0.0607 e. The molecular formula is C12H19NO2. The van der Waals surface area contributed by atoms with E-state index in [2.05, 4.69) is 4.98 Å². The predicted molar refractivity (Wildman–Crippen MR) is 59.6 cm³/mol. The molecule has 0 saturated heterocycles. The maximum atomic E-state index is 9.91. The monoisotopic (exact) mass is 209 g/mol. The third-order valence-electron chi connectivity index (χ3n) is 2.60. The second-order valence-corrected chi connectivity index (χ2v) is 3.89. The number of pyridine rings is 1. The third kappa shape index (κ3) is 4.40. The van der Waals surface area contributed by atoms with Gasteiger partial charge in [0.1, 0.15) is 0 Å². The van der Waals surface area contributed by atoms with Gasteiger partial charge >= 0.3 is 0 Å². The zero-order valence-corrected chi connectivity index (χ0v) is 9.39. The van der Waals surface area contributed by atoms with Crippen molar-refractivity contribution < 1.29 is 9.84 Å². The van der Waals surface area contributed by atoms with Crippen LogP contribution in [-0.2, 0) is 11.2 Å². The molecule has 0 spiro atoms. The largest absolute Gasteiger partial charge is 0.393 e. The number of hydrogen-bond donors (Lipinski definition) is 1. The van der Waals surface area contributed by atoms with E-state index in [1.165, 1.54) is 0 Å². The number of nitrogens with zero attached hydrogens (tertiary/aromatic N) is 1. The molecule has 0 aromatic carbocycles. The molecule has 0 aliphatic carbocycles. The molecule has 0 aliphatic heterocycles. The lowest BCUT2D eigenvalue weighted by atomic mass is 9.96. The van der Waals surface area contributed by atoms with Gasteiger partial charge in [-0.2, -0.15) is 0 Å². The number of methoxy groups -OCH3 is 1. The highest BCUT2D eigenvalue weighted by Crippen LogP contribution is 2.13. The Balaban J connectivity index is 2.38. The van der Waals surface area contributed by atoms with Gasteiger partial charge in [0.15, 0.2) is 0 Å². The Bertz CT molecular complexity index is 264. The molecule has 0 saturated carbocycles. The summed E-state index contributed by atoms with van der Waals surface area (Å²) in [6.07, 6.45) is 4.78. The first-order valence-corrected chi connectivity index (χ1v) is 5.30. The second-order valence-electron chi connectivity index (χ2n) is 3.89. The number of aliphatic hydroxyl groups is 1. The smallest absolute Gasteiger partial charge is 0.0607 e. The fourth-order valence-corrected chi connectivity index (χ4v) is 1.46. The standard InChI is InChI=1S/C12H19NO2/c1-10(5-7-15-2)12(14)8-11-4-3-6-13-9-11/h3-4,6,9-10,12,14H,5,7-8H2,1-2H3. The van der Waals surface area contributed by atoms with Gasteiger partial charge in [-0.3, -0.25) is 4.98 Å². The molecule has 0 fully saturated rings. The minimum atomic E-state index is -0.315. The van der Waals surface area contributed by atoms with E-state index in [1.807, 2.05) is 19.1 Å². The van der Waals surface area contributed by atoms with E-state index >= 15 is 0 Å². The van der Waals surface area contributed by atoms with Crippen LogP contribution in [0.5, 0.6) is 0 Å². The molecule has 0 radical (unpaired) electrons. The molecule has 15 heavy (non-hydrogen) atoms. The fourth-order valence-electron chi connectivity index (χ4n) is 1.46. The van der Waals surface area contributed by atoms with Gasteiger partial charge in [0.25, 0.3) is 0 Å². The molecule has 0 amide bonds. The van der Waals surface area contributed by atoms with E-state index in [9.17, 15) is 5.11 Å². The van der Waals surface area contributed by atoms with Crippen molar-refractivity contribution in [3.8, 4) is 0 Å². The first kappa shape index (κ1) is 12.1. The molecule has 2 atom stereocenters. The van der Waals surface area contributed by atoms with Crippen LogP contribution in [0.25, 0.3) is 0 Å². The summed E-state index contributed by atoms with van der Waals surface area (Å²) in [6.45, 7) is 2.74. The molecule has 1 rings (SSSR count). The van der Waals surface area contributed by atoms with Crippen LogP contribution < -0.4 is 0 Å². The van der Waals surface area contributed by atoms with E-state index in [-0.39, 0.29) is 12.0 Å². The average molecular weight is 209 g/mol. The number of aromatic nitrogens is 1. The Kier molecular flexibility index (Phi) is 5.29. The van der Waals surface area contributed by atoms with Crippen LogP contribution in [-0.4, -0.2) is 29.9 Å². The molecule has 1 aromatic heterocycles. The predicted octanol–water partition coefficient (Wildman–Crippen LogP) is 1.66. The lowest BCUT2D eigenvalue weighted by molar-refractivity contribution is 0.0886. The SMILES string of the molecule is COCCC(C)C(O)Cc1cccnc1. The summed E-state index contributed by atoms with van der Waals surface area (Å²) >= 11 is 0. The molecule has 0 bridgehead atoms. The van der Waals surface area contributed by atoms with Crippen LogP contribution in [0, 0.1) is 5.92 Å². The molecule has 84 valence electrons. The Morgan fingerprint density at radius 3 is 2.93 bits per heavy atom. The normalized spacial score (nSPS) is 14.9. The molecule has 2 unspecified atom stereocenters. The molecule has 0 aliphatic rings. The Hall–Kier alpha value is -0.930. The van der Waals surface area contributed by atoms with Crippen molar-refractivity contribution in [1.82, 2.24) is 4.98 Å². The zero-order valence-electron chi connectivity index (χ0n) is 9.39. The first-order valence-electron chi connectivity index (χ1n) is 5.30. The highest BCUT2D eigenvalue weighted by atomic mass is 16.5. The van der Waals surface area contributed by atoms with E-state index in [0.29, 0.717) is 13.0 Å². The van der Waals surface area contributed by atoms with Gasteiger partial charge in [-0.15, -0.1) is 0 Å². The highest BCUT2D eigenvalue weighted by molar-refractivity contribution is 5.09. The Morgan fingerprint density at radius 1 is 1.53 bits per heavy atom. The van der Waals surface area contributed by atoms with Crippen LogP contribution >= 0.6 is 0 Å². The summed E-state index contributed by atoms with van der Waals surface area (Å²) in [7, 11) is 1.68. The molecule has 1 heterocycles. The maximum absolute atomic E-state index is 9.91. The highest BCUT2D eigenvalue weighted by Gasteiger charge is 2.14. The van der Waals surface area contributed by atoms with E-state index in [1.54, 1.807) is 19.5 Å². The number of rotatable bonds is 6. The Morgan fingerprint density at radius 2 is 2.33 bits per heavy atom. The minimum absolute atomic E-state index is 0.255. The zero-order chi connectivity index (χ0) is 11.1. The molecular weight excluding hydrogens is 190 g/mol. The summed E-state index contributed by atoms with van der Waals surface area (Å²) in [4.78, 5) is 4.02. The van der Waals surface area contributed by atoms with Crippen LogP contribution in [0.15, 0.2) is 24.5 Å². The van der Waals surface area contributed by atoms with Crippen molar-refractivity contribution in [2.75, 3.05) is 13.7 Å². The summed E-state index contributed by atoms with van der Waals surface area (Å²) in [5.41, 5.74) is 1.08. The van der Waals surface area contributed by atoms with Crippen molar-refractivity contribution in [2.45, 2.75) is 25.9 Å². The van der Waals surface area contributed by atoms with Crippen molar-refractivity contribution >= 4 is 0 Å². The van der Waals surface area contributed by atoms with Crippen molar-refractivity contribution in [2.24, 2.45) is 5.92 Å². The van der Waals surface area contributed by atoms with Crippen LogP contribution in [0.2, 0.25) is 0 Å². The van der Waals surface area contributed by atoms with Crippen molar-refractivity contribution in [3.05, 3.63) is 30.1 Å². The Labute approximate surface area is 91.1 Å². The van der Waals surface area contributed by atoms with Gasteiger partial charge in [0.05, 0.1) is 6.10 Å². The second kappa shape index (κ2) is 6.53. The van der Waals surface area contributed by atoms with Gasteiger partial charge in [-0.05, 0) is 24.0 Å².